The van der Waals surface area contributed by atoms with Gasteiger partial charge in [-0.25, -0.2) is 5.43 Å². The summed E-state index contributed by atoms with van der Waals surface area (Å²) in [6.45, 7) is 13.6. The fraction of sp³-hybridized carbons (Fsp3) is 0.529. The zero-order chi connectivity index (χ0) is 17.8. The van der Waals surface area contributed by atoms with Gasteiger partial charge in [0.1, 0.15) is 0 Å². The maximum absolute atomic E-state index is 11.6. The molecule has 0 aromatic heterocycles. The Morgan fingerprint density at radius 3 is 2.05 bits per heavy atom. The number of nitrogens with two attached hydrogens (primary N) is 1. The molecule has 0 bridgehead atoms. The van der Waals surface area contributed by atoms with Crippen LogP contribution in [-0.2, 0) is 4.79 Å². The zero-order valence-corrected chi connectivity index (χ0v) is 15.8. The molecule has 0 aliphatic carbocycles. The molecule has 1 rings (SSSR count). The first-order valence-electron chi connectivity index (χ1n) is 7.69. The molecule has 0 spiro atoms. The Kier molecular flexibility index (Phi) is 12.5. The third-order valence-corrected chi connectivity index (χ3v) is 2.43. The van der Waals surface area contributed by atoms with Crippen molar-refractivity contribution in [2.45, 2.75) is 59.6 Å². The van der Waals surface area contributed by atoms with Gasteiger partial charge in [-0.2, -0.15) is 17.7 Å². The molecule has 3 N–H and O–H groups in total. The Morgan fingerprint density at radius 1 is 1.18 bits per heavy atom. The molecule has 22 heavy (non-hydrogen) atoms. The average molecular weight is 326 g/mol. The highest BCUT2D eigenvalue weighted by Gasteiger charge is 2.16. The molecule has 0 saturated heterocycles. The number of hydrazone groups is 1. The van der Waals surface area contributed by atoms with Gasteiger partial charge in [-0.15, -0.1) is 0 Å². The molecule has 0 saturated carbocycles. The highest BCUT2D eigenvalue weighted by atomic mass is 32.1. The van der Waals surface area contributed by atoms with Crippen LogP contribution in [0.2, 0.25) is 0 Å². The minimum Gasteiger partial charge on any atom is -0.399 e. The minimum absolute atomic E-state index is 0.148. The van der Waals surface area contributed by atoms with Gasteiger partial charge in [0.2, 0.25) is 5.91 Å². The summed E-state index contributed by atoms with van der Waals surface area (Å²) in [4.78, 5) is 11.6. The third-order valence-electron chi connectivity index (χ3n) is 2.27. The summed E-state index contributed by atoms with van der Waals surface area (Å²) in [6.07, 6.45) is 0.314. The molecular formula is C17H31N3OS. The van der Waals surface area contributed by atoms with Gasteiger partial charge in [-0.3, -0.25) is 4.79 Å². The average Bonchev–Trinajstić information content (AvgIpc) is 2.48. The molecule has 0 fully saturated rings. The normalized spacial score (nSPS) is 10.6. The summed E-state index contributed by atoms with van der Waals surface area (Å²) >= 11 is 4.30. The van der Waals surface area contributed by atoms with Crippen LogP contribution in [-0.4, -0.2) is 16.4 Å². The lowest BCUT2D eigenvalue weighted by Gasteiger charge is -2.15. The topological polar surface area (TPSA) is 67.5 Å². The van der Waals surface area contributed by atoms with E-state index in [1.165, 1.54) is 0 Å². The molecular weight excluding hydrogens is 294 g/mol. The van der Waals surface area contributed by atoms with E-state index in [0.29, 0.717) is 12.1 Å². The molecule has 4 nitrogen and oxygen atoms in total. The van der Waals surface area contributed by atoms with E-state index in [2.05, 4.69) is 23.2 Å². The summed E-state index contributed by atoms with van der Waals surface area (Å²) in [5.74, 6) is -0.148. The SMILES string of the molecule is C/C(=N\NC(=O)CC(C)(C)S)c1ccc(N)cc1.CC.CC. The minimum atomic E-state index is -0.339. The van der Waals surface area contributed by atoms with Crippen molar-refractivity contribution in [2.75, 3.05) is 5.73 Å². The first-order chi connectivity index (χ1) is 10.3. The summed E-state index contributed by atoms with van der Waals surface area (Å²) in [7, 11) is 0. The molecule has 1 amide bonds. The number of nitrogens with zero attached hydrogens (tertiary/aromatic N) is 1. The zero-order valence-electron chi connectivity index (χ0n) is 14.9. The van der Waals surface area contributed by atoms with Crippen LogP contribution in [0, 0.1) is 0 Å². The fourth-order valence-corrected chi connectivity index (χ4v) is 1.51. The lowest BCUT2D eigenvalue weighted by Crippen LogP contribution is -2.26. The molecule has 0 atom stereocenters. The van der Waals surface area contributed by atoms with Crippen LogP contribution in [0.4, 0.5) is 5.69 Å². The number of rotatable bonds is 4. The highest BCUT2D eigenvalue weighted by molar-refractivity contribution is 7.81. The second kappa shape index (κ2) is 12.1. The highest BCUT2D eigenvalue weighted by Crippen LogP contribution is 2.16. The Balaban J connectivity index is 0. The standard InChI is InChI=1S/C13H19N3OS.2C2H6/c1-9(10-4-6-11(14)7-5-10)15-16-12(17)8-13(2,3)18;2*1-2/h4-7,18H,8,14H2,1-3H3,(H,16,17);2*1-2H3/b15-9+;;. The Bertz CT molecular complexity index is 448. The molecule has 0 radical (unpaired) electrons. The van der Waals surface area contributed by atoms with Crippen molar-refractivity contribution in [1.82, 2.24) is 5.43 Å². The molecule has 0 unspecified atom stereocenters. The molecule has 1 aromatic rings. The van der Waals surface area contributed by atoms with Crippen molar-refractivity contribution >= 4 is 29.9 Å². The molecule has 126 valence electrons. The largest absolute Gasteiger partial charge is 0.399 e. The van der Waals surface area contributed by atoms with Crippen LogP contribution >= 0.6 is 12.6 Å². The maximum atomic E-state index is 11.6. The Hall–Kier alpha value is -1.49. The summed E-state index contributed by atoms with van der Waals surface area (Å²) in [6, 6.07) is 7.33. The van der Waals surface area contributed by atoms with E-state index in [4.69, 9.17) is 5.73 Å². The van der Waals surface area contributed by atoms with Crippen molar-refractivity contribution in [3.8, 4) is 0 Å². The number of amides is 1. The number of carbonyl (C=O) groups excluding carboxylic acids is 1. The van der Waals surface area contributed by atoms with E-state index < -0.39 is 0 Å². The van der Waals surface area contributed by atoms with Gasteiger partial charge in [0, 0.05) is 16.9 Å². The quantitative estimate of drug-likeness (QED) is 0.335. The van der Waals surface area contributed by atoms with Gasteiger partial charge in [-0.05, 0) is 24.6 Å². The lowest BCUT2D eigenvalue weighted by atomic mass is 10.1. The van der Waals surface area contributed by atoms with Gasteiger partial charge < -0.3 is 5.73 Å². The number of nitrogen functional groups attached to an aromatic ring is 1. The van der Waals surface area contributed by atoms with E-state index in [-0.39, 0.29) is 10.7 Å². The van der Waals surface area contributed by atoms with Gasteiger partial charge >= 0.3 is 0 Å². The van der Waals surface area contributed by atoms with E-state index in [9.17, 15) is 4.79 Å². The van der Waals surface area contributed by atoms with Crippen LogP contribution < -0.4 is 11.2 Å². The summed E-state index contributed by atoms with van der Waals surface area (Å²) in [5.41, 5.74) is 10.5. The third kappa shape index (κ3) is 11.2. The molecule has 0 aliphatic heterocycles. The number of benzene rings is 1. The van der Waals surface area contributed by atoms with Gasteiger partial charge in [-0.1, -0.05) is 53.7 Å². The second-order valence-electron chi connectivity index (χ2n) is 4.84. The first-order valence-corrected chi connectivity index (χ1v) is 8.14. The van der Waals surface area contributed by atoms with Crippen LogP contribution in [0.5, 0.6) is 0 Å². The van der Waals surface area contributed by atoms with Crippen LogP contribution in [0.25, 0.3) is 0 Å². The maximum Gasteiger partial charge on any atom is 0.241 e. The number of hydrogen-bond donors (Lipinski definition) is 3. The van der Waals surface area contributed by atoms with E-state index in [1.807, 2.05) is 60.6 Å². The lowest BCUT2D eigenvalue weighted by molar-refractivity contribution is -0.121. The Morgan fingerprint density at radius 2 is 1.64 bits per heavy atom. The number of nitrogens with one attached hydrogen (secondary N) is 1. The van der Waals surface area contributed by atoms with Gasteiger partial charge in [0.15, 0.2) is 0 Å². The van der Waals surface area contributed by atoms with Crippen molar-refractivity contribution in [2.24, 2.45) is 5.10 Å². The molecule has 5 heteroatoms. The van der Waals surface area contributed by atoms with Gasteiger partial charge in [0.25, 0.3) is 0 Å². The molecule has 0 aliphatic rings. The molecule has 0 heterocycles. The fourth-order valence-electron chi connectivity index (χ4n) is 1.37. The number of carbonyl (C=O) groups is 1. The van der Waals surface area contributed by atoms with Crippen molar-refractivity contribution in [3.05, 3.63) is 29.8 Å². The second-order valence-corrected chi connectivity index (χ2v) is 6.05. The van der Waals surface area contributed by atoms with Crippen LogP contribution in [0.3, 0.4) is 0 Å². The van der Waals surface area contributed by atoms with Crippen molar-refractivity contribution in [1.29, 1.82) is 0 Å². The van der Waals surface area contributed by atoms with Gasteiger partial charge in [0.05, 0.1) is 5.71 Å². The predicted octanol–water partition coefficient (Wildman–Crippen LogP) is 4.26. The monoisotopic (exact) mass is 325 g/mol. The van der Waals surface area contributed by atoms with Crippen LogP contribution in [0.15, 0.2) is 29.4 Å². The van der Waals surface area contributed by atoms with Crippen molar-refractivity contribution < 1.29 is 4.79 Å². The summed E-state index contributed by atoms with van der Waals surface area (Å²) < 4.78 is -0.339. The first kappa shape index (κ1) is 22.8. The molecule has 1 aromatic carbocycles. The number of thiol groups is 1. The number of anilines is 1. The van der Waals surface area contributed by atoms with Crippen molar-refractivity contribution in [3.63, 3.8) is 0 Å². The van der Waals surface area contributed by atoms with E-state index in [0.717, 1.165) is 11.3 Å². The Labute approximate surface area is 141 Å². The van der Waals surface area contributed by atoms with E-state index >= 15 is 0 Å². The van der Waals surface area contributed by atoms with Crippen LogP contribution in [0.1, 0.15) is 60.5 Å². The predicted molar refractivity (Wildman–Crippen MR) is 102 cm³/mol. The number of hydrogen-bond acceptors (Lipinski definition) is 4. The van der Waals surface area contributed by atoms with E-state index in [1.54, 1.807) is 12.1 Å². The smallest absolute Gasteiger partial charge is 0.241 e. The summed E-state index contributed by atoms with van der Waals surface area (Å²) in [5, 5.41) is 4.05.